The lowest BCUT2D eigenvalue weighted by atomic mass is 10.1. The van der Waals surface area contributed by atoms with Crippen LogP contribution in [0.2, 0.25) is 0 Å². The number of unbranched alkanes of at least 4 members (excludes halogenated alkanes) is 1. The van der Waals surface area contributed by atoms with Gasteiger partial charge in [-0.2, -0.15) is 0 Å². The van der Waals surface area contributed by atoms with Gasteiger partial charge >= 0.3 is 0 Å². The summed E-state index contributed by atoms with van der Waals surface area (Å²) in [6, 6.07) is 13.2. The number of hydrogen-bond donors (Lipinski definition) is 4. The second-order valence-electron chi connectivity index (χ2n) is 7.99. The zero-order chi connectivity index (χ0) is 23.4. The molecule has 0 unspecified atom stereocenters. The van der Waals surface area contributed by atoms with Crippen LogP contribution in [0.15, 0.2) is 47.4 Å². The van der Waals surface area contributed by atoms with E-state index in [1.807, 2.05) is 52.0 Å². The lowest BCUT2D eigenvalue weighted by molar-refractivity contribution is 0.468. The maximum atomic E-state index is 12.3. The summed E-state index contributed by atoms with van der Waals surface area (Å²) in [5.74, 6) is 0.780. The molecule has 0 aliphatic carbocycles. The molecule has 0 aliphatic heterocycles. The molecule has 0 aromatic heterocycles. The molecule has 0 radical (unpaired) electrons. The standard InChI is InChI=1S/C20H29N3O3S.C3H9N/c1-4-5-11-22-18-12-16(14-23-15(2)3)13-19(27(21,24)25)20(18)26-17-9-7-6-8-10-17;1-3(2)4/h6-10,12-13,15,22-23H,4-5,11,14H2,1-3H3,(H2,21,24,25);3H,4H2,1-2H3. The highest BCUT2D eigenvalue weighted by molar-refractivity contribution is 7.89. The fourth-order valence-corrected chi connectivity index (χ4v) is 3.26. The van der Waals surface area contributed by atoms with Crippen molar-refractivity contribution in [3.8, 4) is 11.5 Å². The second kappa shape index (κ2) is 13.3. The Labute approximate surface area is 187 Å². The van der Waals surface area contributed by atoms with E-state index in [2.05, 4.69) is 17.6 Å². The van der Waals surface area contributed by atoms with Crippen molar-refractivity contribution < 1.29 is 13.2 Å². The average Bonchev–Trinajstić information content (AvgIpc) is 2.67. The van der Waals surface area contributed by atoms with Crippen LogP contribution in [0.4, 0.5) is 5.69 Å². The van der Waals surface area contributed by atoms with Crippen LogP contribution in [0.25, 0.3) is 0 Å². The van der Waals surface area contributed by atoms with Crippen molar-refractivity contribution in [1.82, 2.24) is 5.32 Å². The van der Waals surface area contributed by atoms with Crippen molar-refractivity contribution in [3.63, 3.8) is 0 Å². The van der Waals surface area contributed by atoms with Crippen LogP contribution in [0.1, 0.15) is 53.0 Å². The molecule has 174 valence electrons. The minimum atomic E-state index is -3.96. The Morgan fingerprint density at radius 2 is 1.68 bits per heavy atom. The summed E-state index contributed by atoms with van der Waals surface area (Å²) in [6.45, 7) is 11.3. The number of hydrogen-bond acceptors (Lipinski definition) is 6. The van der Waals surface area contributed by atoms with Gasteiger partial charge in [-0.05, 0) is 42.3 Å². The van der Waals surface area contributed by atoms with Gasteiger partial charge in [-0.1, -0.05) is 59.2 Å². The van der Waals surface area contributed by atoms with E-state index in [1.165, 1.54) is 0 Å². The Morgan fingerprint density at radius 1 is 1.06 bits per heavy atom. The van der Waals surface area contributed by atoms with Crippen molar-refractivity contribution in [2.24, 2.45) is 10.9 Å². The van der Waals surface area contributed by atoms with E-state index in [4.69, 9.17) is 15.6 Å². The van der Waals surface area contributed by atoms with E-state index in [-0.39, 0.29) is 16.7 Å². The summed E-state index contributed by atoms with van der Waals surface area (Å²) in [6.07, 6.45) is 1.99. The van der Waals surface area contributed by atoms with E-state index < -0.39 is 10.0 Å². The number of sulfonamides is 1. The number of primary sulfonamides is 1. The number of para-hydroxylation sites is 1. The Balaban J connectivity index is 0.00000110. The third kappa shape index (κ3) is 10.6. The van der Waals surface area contributed by atoms with E-state index in [0.717, 1.165) is 18.4 Å². The summed E-state index contributed by atoms with van der Waals surface area (Å²) in [5, 5.41) is 12.1. The molecule has 8 heteroatoms. The molecule has 0 saturated carbocycles. The summed E-state index contributed by atoms with van der Waals surface area (Å²) < 4.78 is 30.5. The molecule has 2 aromatic carbocycles. The van der Waals surface area contributed by atoms with Crippen molar-refractivity contribution in [3.05, 3.63) is 48.0 Å². The third-order valence-electron chi connectivity index (χ3n) is 3.94. The molecule has 0 bridgehead atoms. The Bertz CT molecular complexity index is 882. The molecule has 2 aromatic rings. The highest BCUT2D eigenvalue weighted by Gasteiger charge is 2.21. The van der Waals surface area contributed by atoms with Gasteiger partial charge in [0.15, 0.2) is 5.75 Å². The third-order valence-corrected chi connectivity index (χ3v) is 4.86. The van der Waals surface area contributed by atoms with Crippen LogP contribution in [-0.4, -0.2) is 27.0 Å². The first-order valence-corrected chi connectivity index (χ1v) is 12.2. The second-order valence-corrected chi connectivity index (χ2v) is 9.52. The van der Waals surface area contributed by atoms with Crippen LogP contribution in [-0.2, 0) is 16.6 Å². The van der Waals surface area contributed by atoms with Gasteiger partial charge in [0.1, 0.15) is 10.6 Å². The van der Waals surface area contributed by atoms with E-state index >= 15 is 0 Å². The van der Waals surface area contributed by atoms with Crippen LogP contribution >= 0.6 is 0 Å². The lowest BCUT2D eigenvalue weighted by Crippen LogP contribution is -2.22. The fourth-order valence-electron chi connectivity index (χ4n) is 2.54. The monoisotopic (exact) mass is 450 g/mol. The normalized spacial score (nSPS) is 11.3. The first kappa shape index (κ1) is 26.9. The first-order chi connectivity index (χ1) is 14.5. The van der Waals surface area contributed by atoms with Gasteiger partial charge in [0, 0.05) is 19.1 Å². The van der Waals surface area contributed by atoms with Crippen molar-refractivity contribution in [2.45, 2.75) is 71.0 Å². The van der Waals surface area contributed by atoms with Gasteiger partial charge in [0.25, 0.3) is 0 Å². The molecule has 0 saturated heterocycles. The number of rotatable bonds is 10. The minimum Gasteiger partial charge on any atom is -0.454 e. The molecular formula is C23H38N4O3S. The van der Waals surface area contributed by atoms with E-state index in [9.17, 15) is 8.42 Å². The molecule has 31 heavy (non-hydrogen) atoms. The summed E-state index contributed by atoms with van der Waals surface area (Å²) in [5.41, 5.74) is 6.56. The number of ether oxygens (including phenoxy) is 1. The predicted octanol–water partition coefficient (Wildman–Crippen LogP) is 4.19. The zero-order valence-electron chi connectivity index (χ0n) is 19.3. The number of nitrogens with two attached hydrogens (primary N) is 2. The summed E-state index contributed by atoms with van der Waals surface area (Å²) in [4.78, 5) is -0.0200. The Hall–Kier alpha value is -2.13. The summed E-state index contributed by atoms with van der Waals surface area (Å²) >= 11 is 0. The van der Waals surface area contributed by atoms with Gasteiger partial charge in [-0.25, -0.2) is 13.6 Å². The van der Waals surface area contributed by atoms with Crippen LogP contribution in [0, 0.1) is 0 Å². The van der Waals surface area contributed by atoms with E-state index in [0.29, 0.717) is 30.6 Å². The summed E-state index contributed by atoms with van der Waals surface area (Å²) in [7, 11) is -3.96. The maximum Gasteiger partial charge on any atom is 0.241 e. The van der Waals surface area contributed by atoms with Gasteiger partial charge in [0.05, 0.1) is 5.69 Å². The van der Waals surface area contributed by atoms with Gasteiger partial charge in [-0.3, -0.25) is 0 Å². The molecule has 0 amide bonds. The quantitative estimate of drug-likeness (QED) is 0.403. The molecule has 7 nitrogen and oxygen atoms in total. The zero-order valence-corrected chi connectivity index (χ0v) is 20.1. The molecule has 0 atom stereocenters. The number of nitrogens with one attached hydrogen (secondary N) is 2. The molecule has 6 N–H and O–H groups in total. The van der Waals surface area contributed by atoms with Crippen molar-refractivity contribution in [2.75, 3.05) is 11.9 Å². The Morgan fingerprint density at radius 3 is 2.19 bits per heavy atom. The molecule has 0 spiro atoms. The molecule has 2 rings (SSSR count). The van der Waals surface area contributed by atoms with Crippen LogP contribution in [0.3, 0.4) is 0 Å². The SMILES string of the molecule is CC(C)N.CCCCNc1cc(CNC(C)C)cc(S(N)(=O)=O)c1Oc1ccccc1. The van der Waals surface area contributed by atoms with Crippen molar-refractivity contribution >= 4 is 15.7 Å². The molecule has 0 heterocycles. The molecule has 0 fully saturated rings. The topological polar surface area (TPSA) is 119 Å². The maximum absolute atomic E-state index is 12.3. The van der Waals surface area contributed by atoms with Crippen LogP contribution in [0.5, 0.6) is 11.5 Å². The smallest absolute Gasteiger partial charge is 0.241 e. The number of benzene rings is 2. The van der Waals surface area contributed by atoms with Crippen LogP contribution < -0.4 is 26.2 Å². The number of anilines is 1. The lowest BCUT2D eigenvalue weighted by Gasteiger charge is -2.18. The van der Waals surface area contributed by atoms with Gasteiger partial charge in [0.2, 0.25) is 10.0 Å². The first-order valence-electron chi connectivity index (χ1n) is 10.7. The largest absolute Gasteiger partial charge is 0.454 e. The highest BCUT2D eigenvalue weighted by atomic mass is 32.2. The fraction of sp³-hybridized carbons (Fsp3) is 0.478. The molecule has 0 aliphatic rings. The van der Waals surface area contributed by atoms with Crippen molar-refractivity contribution in [1.29, 1.82) is 0 Å². The average molecular weight is 451 g/mol. The minimum absolute atomic E-state index is 0.0200. The van der Waals surface area contributed by atoms with E-state index in [1.54, 1.807) is 18.2 Å². The van der Waals surface area contributed by atoms with Gasteiger partial charge < -0.3 is 21.1 Å². The highest BCUT2D eigenvalue weighted by Crippen LogP contribution is 2.37. The van der Waals surface area contributed by atoms with Gasteiger partial charge in [-0.15, -0.1) is 0 Å². The molecular weight excluding hydrogens is 412 g/mol. The predicted molar refractivity (Wildman–Crippen MR) is 129 cm³/mol. The Kier molecular flexibility index (Phi) is 11.6.